The number of hydrogen-bond donors (Lipinski definition) is 2. The lowest BCUT2D eigenvalue weighted by Gasteiger charge is -2.25. The van der Waals surface area contributed by atoms with Crippen LogP contribution in [-0.2, 0) is 23.4 Å². The normalized spacial score (nSPS) is 24.9. The van der Waals surface area contributed by atoms with E-state index in [0.717, 1.165) is 0 Å². The average molecular weight is 581 g/mol. The van der Waals surface area contributed by atoms with Gasteiger partial charge in [0.05, 0.1) is 19.5 Å². The molecule has 6 atom stereocenters. The quantitative estimate of drug-likeness (QED) is 0.254. The van der Waals surface area contributed by atoms with E-state index in [-0.39, 0.29) is 12.4 Å². The Morgan fingerprint density at radius 2 is 2.02 bits per heavy atom. The van der Waals surface area contributed by atoms with E-state index in [0.29, 0.717) is 22.8 Å². The van der Waals surface area contributed by atoms with Gasteiger partial charge in [-0.05, 0) is 39.8 Å². The summed E-state index contributed by atoms with van der Waals surface area (Å²) in [4.78, 5) is 27.1. The van der Waals surface area contributed by atoms with Crippen LogP contribution in [0.4, 0.5) is 10.2 Å². The largest absolute Gasteiger partial charge is 0.465 e. The van der Waals surface area contributed by atoms with E-state index in [1.807, 2.05) is 0 Å². The summed E-state index contributed by atoms with van der Waals surface area (Å²) in [6, 6.07) is 7.12. The lowest BCUT2D eigenvalue weighted by Crippen LogP contribution is -2.41. The van der Waals surface area contributed by atoms with E-state index in [2.05, 4.69) is 20.0 Å². The SMILES string of the molecule is CCOC(=O)[C@H](C)N[P@](=O)(OC[C@H]1O[C@@H](n2cnc3c(N(C)C)nc(C)nc32)[C@](C)(F)[C@@H]1O)Oc1ccccc1. The number of imidazole rings is 1. The summed E-state index contributed by atoms with van der Waals surface area (Å²) in [6.45, 7) is 5.56. The van der Waals surface area contributed by atoms with Crippen LogP contribution in [0.3, 0.4) is 0 Å². The lowest BCUT2D eigenvalue weighted by atomic mass is 9.98. The summed E-state index contributed by atoms with van der Waals surface area (Å²) in [5.41, 5.74) is -1.56. The highest BCUT2D eigenvalue weighted by atomic mass is 31.2. The molecule has 0 bridgehead atoms. The van der Waals surface area contributed by atoms with E-state index in [1.54, 1.807) is 63.2 Å². The molecule has 15 heteroatoms. The number of carbonyl (C=O) groups excluding carboxylic acids is 1. The van der Waals surface area contributed by atoms with Crippen LogP contribution in [0, 0.1) is 6.92 Å². The number of esters is 1. The molecule has 0 spiro atoms. The molecule has 218 valence electrons. The molecular formula is C25H34FN6O7P. The molecule has 3 heterocycles. The highest BCUT2D eigenvalue weighted by molar-refractivity contribution is 7.52. The molecule has 2 N–H and O–H groups in total. The van der Waals surface area contributed by atoms with Gasteiger partial charge >= 0.3 is 13.7 Å². The Bertz CT molecular complexity index is 1390. The van der Waals surface area contributed by atoms with Crippen molar-refractivity contribution in [2.24, 2.45) is 0 Å². The predicted octanol–water partition coefficient (Wildman–Crippen LogP) is 2.93. The summed E-state index contributed by atoms with van der Waals surface area (Å²) < 4.78 is 53.2. The second-order valence-electron chi connectivity index (χ2n) is 9.74. The molecule has 1 saturated heterocycles. The maximum atomic E-state index is 16.0. The van der Waals surface area contributed by atoms with Crippen LogP contribution in [0.15, 0.2) is 36.7 Å². The van der Waals surface area contributed by atoms with Gasteiger partial charge in [0.1, 0.15) is 29.8 Å². The first-order valence-corrected chi connectivity index (χ1v) is 14.2. The van der Waals surface area contributed by atoms with Crippen molar-refractivity contribution in [3.63, 3.8) is 0 Å². The number of aromatic nitrogens is 4. The predicted molar refractivity (Wildman–Crippen MR) is 144 cm³/mol. The van der Waals surface area contributed by atoms with Crippen molar-refractivity contribution in [2.75, 3.05) is 32.2 Å². The number of ether oxygens (including phenoxy) is 2. The summed E-state index contributed by atoms with van der Waals surface area (Å²) in [6.07, 6.45) is -2.91. The minimum absolute atomic E-state index is 0.123. The highest BCUT2D eigenvalue weighted by Gasteiger charge is 2.56. The van der Waals surface area contributed by atoms with E-state index < -0.39 is 50.5 Å². The maximum Gasteiger partial charge on any atom is 0.459 e. The molecule has 1 aliphatic heterocycles. The zero-order valence-electron chi connectivity index (χ0n) is 23.1. The van der Waals surface area contributed by atoms with Crippen molar-refractivity contribution in [3.8, 4) is 5.75 Å². The van der Waals surface area contributed by atoms with Crippen LogP contribution in [0.1, 0.15) is 32.8 Å². The van der Waals surface area contributed by atoms with Crippen molar-refractivity contribution in [2.45, 2.75) is 57.8 Å². The number of nitrogens with zero attached hydrogens (tertiary/aromatic N) is 5. The third-order valence-corrected chi connectivity index (χ3v) is 7.92. The van der Waals surface area contributed by atoms with Crippen LogP contribution >= 0.6 is 7.75 Å². The van der Waals surface area contributed by atoms with Crippen LogP contribution in [0.25, 0.3) is 11.2 Å². The Hall–Kier alpha value is -3.16. The molecule has 0 radical (unpaired) electrons. The fraction of sp³-hybridized carbons (Fsp3) is 0.520. The molecule has 0 amide bonds. The standard InChI is InChI=1S/C25H34FN6O7P/c1-7-36-23(34)15(2)30-40(35,39-17-11-9-8-10-12-17)37-13-18-20(33)25(4,26)24(38-18)32-14-27-19-21(31(5)6)28-16(3)29-22(19)32/h8-12,14-15,18,20,24,33H,7,13H2,1-6H3,(H,30,35)/t15-,18+,20+,24+,25+,40-/m0/s1. The number of anilines is 1. The number of fused-ring (bicyclic) bond motifs is 1. The van der Waals surface area contributed by atoms with Crippen molar-refractivity contribution >= 4 is 30.7 Å². The van der Waals surface area contributed by atoms with Crippen molar-refractivity contribution in [1.29, 1.82) is 0 Å². The van der Waals surface area contributed by atoms with Gasteiger partial charge in [0.15, 0.2) is 28.9 Å². The summed E-state index contributed by atoms with van der Waals surface area (Å²) >= 11 is 0. The fourth-order valence-corrected chi connectivity index (χ4v) is 5.78. The molecule has 1 aromatic carbocycles. The summed E-state index contributed by atoms with van der Waals surface area (Å²) in [7, 11) is -0.647. The number of aliphatic hydroxyl groups is 1. The molecular weight excluding hydrogens is 546 g/mol. The Morgan fingerprint density at radius 3 is 2.67 bits per heavy atom. The molecule has 13 nitrogen and oxygen atoms in total. The van der Waals surface area contributed by atoms with Crippen LogP contribution in [0.5, 0.6) is 5.75 Å². The van der Waals surface area contributed by atoms with Gasteiger partial charge in [-0.1, -0.05) is 18.2 Å². The molecule has 4 rings (SSSR count). The Morgan fingerprint density at radius 1 is 1.32 bits per heavy atom. The minimum atomic E-state index is -4.25. The molecule has 2 aromatic heterocycles. The summed E-state index contributed by atoms with van der Waals surface area (Å²) in [5, 5.41) is 13.4. The van der Waals surface area contributed by atoms with Gasteiger partial charge in [-0.3, -0.25) is 13.9 Å². The smallest absolute Gasteiger partial charge is 0.459 e. The average Bonchev–Trinajstić information content (AvgIpc) is 3.40. The Labute approximate surface area is 231 Å². The molecule has 1 fully saturated rings. The third kappa shape index (κ3) is 6.11. The molecule has 3 aromatic rings. The molecule has 0 aliphatic carbocycles. The number of rotatable bonds is 11. The van der Waals surface area contributed by atoms with Crippen molar-refractivity contribution < 1.29 is 37.4 Å². The van der Waals surface area contributed by atoms with E-state index in [9.17, 15) is 14.5 Å². The van der Waals surface area contributed by atoms with Crippen molar-refractivity contribution in [3.05, 3.63) is 42.5 Å². The van der Waals surface area contributed by atoms with Gasteiger partial charge in [0.25, 0.3) is 0 Å². The lowest BCUT2D eigenvalue weighted by molar-refractivity contribution is -0.144. The second-order valence-corrected chi connectivity index (χ2v) is 11.4. The number of aliphatic hydroxyl groups excluding tert-OH is 1. The Kier molecular flexibility index (Phi) is 8.76. The number of halogens is 1. The Balaban J connectivity index is 1.58. The second kappa shape index (κ2) is 11.8. The van der Waals surface area contributed by atoms with Gasteiger partial charge in [0, 0.05) is 14.1 Å². The minimum Gasteiger partial charge on any atom is -0.465 e. The summed E-state index contributed by atoms with van der Waals surface area (Å²) in [5.74, 6) is 0.517. The van der Waals surface area contributed by atoms with Gasteiger partial charge in [-0.2, -0.15) is 5.09 Å². The zero-order valence-corrected chi connectivity index (χ0v) is 24.0. The van der Waals surface area contributed by atoms with Crippen LogP contribution in [-0.4, -0.2) is 81.8 Å². The first-order chi connectivity index (χ1) is 18.9. The van der Waals surface area contributed by atoms with E-state index in [1.165, 1.54) is 24.7 Å². The first kappa shape index (κ1) is 29.8. The van der Waals surface area contributed by atoms with Gasteiger partial charge in [0.2, 0.25) is 0 Å². The zero-order chi connectivity index (χ0) is 29.2. The number of nitrogens with one attached hydrogen (secondary N) is 1. The van der Waals surface area contributed by atoms with Gasteiger partial charge < -0.3 is 24.0 Å². The van der Waals surface area contributed by atoms with E-state index >= 15 is 4.39 Å². The van der Waals surface area contributed by atoms with Crippen LogP contribution in [0.2, 0.25) is 0 Å². The third-order valence-electron chi connectivity index (χ3n) is 6.28. The monoisotopic (exact) mass is 580 g/mol. The molecule has 0 unspecified atom stereocenters. The van der Waals surface area contributed by atoms with Crippen LogP contribution < -0.4 is 14.5 Å². The highest BCUT2D eigenvalue weighted by Crippen LogP contribution is 2.48. The number of carbonyl (C=O) groups is 1. The molecule has 0 saturated carbocycles. The number of benzene rings is 1. The van der Waals surface area contributed by atoms with Gasteiger partial charge in [-0.15, -0.1) is 0 Å². The number of aryl methyl sites for hydroxylation is 1. The first-order valence-electron chi connectivity index (χ1n) is 12.7. The number of para-hydroxylation sites is 1. The molecule has 40 heavy (non-hydrogen) atoms. The van der Waals surface area contributed by atoms with Gasteiger partial charge in [-0.25, -0.2) is 23.9 Å². The topological polar surface area (TPSA) is 150 Å². The number of alkyl halides is 1. The fourth-order valence-electron chi connectivity index (χ4n) is 4.28. The van der Waals surface area contributed by atoms with Crippen molar-refractivity contribution in [1.82, 2.24) is 24.6 Å². The molecule has 1 aliphatic rings. The maximum absolute atomic E-state index is 16.0. The number of hydrogen-bond acceptors (Lipinski definition) is 11. The van der Waals surface area contributed by atoms with E-state index in [4.69, 9.17) is 18.5 Å².